The van der Waals surface area contributed by atoms with Gasteiger partial charge in [-0.1, -0.05) is 6.07 Å². The lowest BCUT2D eigenvalue weighted by atomic mass is 10.2. The molecule has 0 unspecified atom stereocenters. The Bertz CT molecular complexity index is 445. The number of aryl methyl sites for hydroxylation is 2. The van der Waals surface area contributed by atoms with Crippen molar-refractivity contribution in [3.63, 3.8) is 0 Å². The van der Waals surface area contributed by atoms with Gasteiger partial charge in [0, 0.05) is 6.42 Å². The van der Waals surface area contributed by atoms with Gasteiger partial charge in [-0.25, -0.2) is 4.98 Å². The van der Waals surface area contributed by atoms with Gasteiger partial charge in [0.1, 0.15) is 5.82 Å². The lowest BCUT2D eigenvalue weighted by Crippen LogP contribution is -1.99. The van der Waals surface area contributed by atoms with Gasteiger partial charge >= 0.3 is 0 Å². The number of H-pyrrole nitrogens is 1. The van der Waals surface area contributed by atoms with Crippen LogP contribution in [-0.4, -0.2) is 16.5 Å². The minimum Gasteiger partial charge on any atom is -0.342 e. The number of rotatable bonds is 4. The highest BCUT2D eigenvalue weighted by atomic mass is 14.9. The lowest BCUT2D eigenvalue weighted by molar-refractivity contribution is 0.724. The molecule has 1 aromatic carbocycles. The number of aromatic amines is 1. The Hall–Kier alpha value is -1.35. The fourth-order valence-corrected chi connectivity index (χ4v) is 1.73. The van der Waals surface area contributed by atoms with E-state index in [-0.39, 0.29) is 0 Å². The molecule has 3 heteroatoms. The van der Waals surface area contributed by atoms with Gasteiger partial charge in [-0.2, -0.15) is 0 Å². The number of hydrogen-bond donors (Lipinski definition) is 2. The molecule has 2 aromatic rings. The van der Waals surface area contributed by atoms with Crippen LogP contribution in [0, 0.1) is 6.92 Å². The zero-order chi connectivity index (χ0) is 10.7. The predicted molar refractivity (Wildman–Crippen MR) is 62.8 cm³/mol. The van der Waals surface area contributed by atoms with Gasteiger partial charge in [0.25, 0.3) is 0 Å². The quantitative estimate of drug-likeness (QED) is 0.748. The number of fused-ring (bicyclic) bond motifs is 1. The zero-order valence-corrected chi connectivity index (χ0v) is 9.09. The van der Waals surface area contributed by atoms with E-state index < -0.39 is 0 Å². The summed E-state index contributed by atoms with van der Waals surface area (Å²) < 4.78 is 0. The van der Waals surface area contributed by atoms with Crippen molar-refractivity contribution in [2.75, 3.05) is 6.54 Å². The Kier molecular flexibility index (Phi) is 3.02. The first-order valence-electron chi connectivity index (χ1n) is 5.45. The minimum atomic E-state index is 0.763. The van der Waals surface area contributed by atoms with Crippen LogP contribution in [0.25, 0.3) is 11.0 Å². The van der Waals surface area contributed by atoms with Gasteiger partial charge < -0.3 is 10.7 Å². The van der Waals surface area contributed by atoms with Crippen LogP contribution < -0.4 is 5.73 Å². The van der Waals surface area contributed by atoms with Crippen molar-refractivity contribution in [1.82, 2.24) is 9.97 Å². The largest absolute Gasteiger partial charge is 0.342 e. The number of hydrogen-bond acceptors (Lipinski definition) is 2. The maximum absolute atomic E-state index is 5.46. The summed E-state index contributed by atoms with van der Waals surface area (Å²) in [5.74, 6) is 1.07. The second kappa shape index (κ2) is 4.45. The van der Waals surface area contributed by atoms with Crippen molar-refractivity contribution in [2.24, 2.45) is 5.73 Å². The highest BCUT2D eigenvalue weighted by Crippen LogP contribution is 2.14. The Balaban J connectivity index is 2.16. The van der Waals surface area contributed by atoms with Crippen LogP contribution >= 0.6 is 0 Å². The van der Waals surface area contributed by atoms with E-state index in [0.29, 0.717) is 0 Å². The average molecular weight is 203 g/mol. The van der Waals surface area contributed by atoms with Gasteiger partial charge in [0.2, 0.25) is 0 Å². The first-order valence-corrected chi connectivity index (χ1v) is 5.45. The van der Waals surface area contributed by atoms with Crippen molar-refractivity contribution < 1.29 is 0 Å². The van der Waals surface area contributed by atoms with E-state index in [2.05, 4.69) is 35.1 Å². The number of nitrogens with two attached hydrogens (primary N) is 1. The summed E-state index contributed by atoms with van der Waals surface area (Å²) in [6, 6.07) is 6.29. The van der Waals surface area contributed by atoms with Gasteiger partial charge in [-0.05, 0) is 44.0 Å². The molecule has 3 N–H and O–H groups in total. The van der Waals surface area contributed by atoms with E-state index in [0.717, 1.165) is 42.7 Å². The maximum atomic E-state index is 5.46. The van der Waals surface area contributed by atoms with Gasteiger partial charge in [0.15, 0.2) is 0 Å². The van der Waals surface area contributed by atoms with Crippen molar-refractivity contribution >= 4 is 11.0 Å². The third kappa shape index (κ3) is 2.36. The number of nitrogens with one attached hydrogen (secondary N) is 1. The predicted octanol–water partition coefficient (Wildman–Crippen LogP) is 2.15. The molecule has 0 amide bonds. The highest BCUT2D eigenvalue weighted by Gasteiger charge is 2.01. The van der Waals surface area contributed by atoms with Crippen LogP contribution in [0.3, 0.4) is 0 Å². The maximum Gasteiger partial charge on any atom is 0.107 e. The second-order valence-electron chi connectivity index (χ2n) is 3.95. The zero-order valence-electron chi connectivity index (χ0n) is 9.09. The lowest BCUT2D eigenvalue weighted by Gasteiger charge is -1.93. The molecule has 0 saturated carbocycles. The van der Waals surface area contributed by atoms with Gasteiger partial charge in [0.05, 0.1) is 11.0 Å². The summed E-state index contributed by atoms with van der Waals surface area (Å²) in [5, 5.41) is 0. The molecule has 2 rings (SSSR count). The molecule has 80 valence electrons. The molecule has 0 bridgehead atoms. The first kappa shape index (κ1) is 10.2. The summed E-state index contributed by atoms with van der Waals surface area (Å²) in [6.45, 7) is 2.85. The van der Waals surface area contributed by atoms with Crippen LogP contribution in [0.2, 0.25) is 0 Å². The van der Waals surface area contributed by atoms with Crippen LogP contribution in [-0.2, 0) is 6.42 Å². The molecule has 15 heavy (non-hydrogen) atoms. The number of unbranched alkanes of at least 4 members (excludes halogenated alkanes) is 1. The van der Waals surface area contributed by atoms with Crippen LogP contribution in [0.5, 0.6) is 0 Å². The van der Waals surface area contributed by atoms with Crippen molar-refractivity contribution in [2.45, 2.75) is 26.2 Å². The van der Waals surface area contributed by atoms with Crippen molar-refractivity contribution in [3.8, 4) is 0 Å². The molecule has 3 nitrogen and oxygen atoms in total. The molecule has 0 saturated heterocycles. The van der Waals surface area contributed by atoms with E-state index in [9.17, 15) is 0 Å². The summed E-state index contributed by atoms with van der Waals surface area (Å²) in [6.07, 6.45) is 3.16. The molecule has 0 radical (unpaired) electrons. The van der Waals surface area contributed by atoms with Crippen LogP contribution in [0.4, 0.5) is 0 Å². The summed E-state index contributed by atoms with van der Waals surface area (Å²) in [7, 11) is 0. The highest BCUT2D eigenvalue weighted by molar-refractivity contribution is 5.75. The summed E-state index contributed by atoms with van der Waals surface area (Å²) in [4.78, 5) is 7.87. The first-order chi connectivity index (χ1) is 7.29. The Morgan fingerprint density at radius 2 is 2.20 bits per heavy atom. The number of nitrogens with zero attached hydrogens (tertiary/aromatic N) is 1. The van der Waals surface area contributed by atoms with Crippen molar-refractivity contribution in [1.29, 1.82) is 0 Å². The smallest absolute Gasteiger partial charge is 0.107 e. The Morgan fingerprint density at radius 3 is 3.00 bits per heavy atom. The number of aromatic nitrogens is 2. The molecule has 0 aliphatic carbocycles. The van der Waals surface area contributed by atoms with E-state index in [1.807, 2.05) is 0 Å². The molecular weight excluding hydrogens is 186 g/mol. The van der Waals surface area contributed by atoms with E-state index >= 15 is 0 Å². The van der Waals surface area contributed by atoms with Gasteiger partial charge in [-0.3, -0.25) is 0 Å². The summed E-state index contributed by atoms with van der Waals surface area (Å²) in [5.41, 5.74) is 8.92. The fraction of sp³-hybridized carbons (Fsp3) is 0.417. The van der Waals surface area contributed by atoms with Gasteiger partial charge in [-0.15, -0.1) is 0 Å². The van der Waals surface area contributed by atoms with Crippen LogP contribution in [0.1, 0.15) is 24.2 Å². The van der Waals surface area contributed by atoms with Crippen LogP contribution in [0.15, 0.2) is 18.2 Å². The molecule has 0 fully saturated rings. The third-order valence-corrected chi connectivity index (χ3v) is 2.55. The molecule has 0 aliphatic rings. The second-order valence-corrected chi connectivity index (χ2v) is 3.95. The standard InChI is InChI=1S/C12H17N3/c1-9-5-6-10-11(8-9)15-12(14-10)4-2-3-7-13/h5-6,8H,2-4,7,13H2,1H3,(H,14,15). The monoisotopic (exact) mass is 203 g/mol. The topological polar surface area (TPSA) is 54.7 Å². The minimum absolute atomic E-state index is 0.763. The van der Waals surface area contributed by atoms with E-state index in [4.69, 9.17) is 5.73 Å². The molecule has 0 aliphatic heterocycles. The molecule has 0 atom stereocenters. The third-order valence-electron chi connectivity index (χ3n) is 2.55. The molecular formula is C12H17N3. The molecule has 1 heterocycles. The summed E-state index contributed by atoms with van der Waals surface area (Å²) >= 11 is 0. The van der Waals surface area contributed by atoms with Crippen molar-refractivity contribution in [3.05, 3.63) is 29.6 Å². The normalized spacial score (nSPS) is 11.1. The Morgan fingerprint density at radius 1 is 1.33 bits per heavy atom. The SMILES string of the molecule is Cc1ccc2nc(CCCCN)[nH]c2c1. The fourth-order valence-electron chi connectivity index (χ4n) is 1.73. The molecule has 1 aromatic heterocycles. The number of benzene rings is 1. The van der Waals surface area contributed by atoms with E-state index in [1.54, 1.807) is 0 Å². The number of imidazole rings is 1. The van der Waals surface area contributed by atoms with E-state index in [1.165, 1.54) is 5.56 Å². The Labute approximate surface area is 89.7 Å². The average Bonchev–Trinajstić information content (AvgIpc) is 2.60. The molecule has 0 spiro atoms.